The van der Waals surface area contributed by atoms with E-state index in [0.29, 0.717) is 31.3 Å². The number of hydrogen-bond donors (Lipinski definition) is 2. The molecule has 1 amide bonds. The molecule has 1 aromatic rings. The van der Waals surface area contributed by atoms with Crippen LogP contribution in [0.3, 0.4) is 0 Å². The van der Waals surface area contributed by atoms with Gasteiger partial charge in [0.2, 0.25) is 10.0 Å². The van der Waals surface area contributed by atoms with Crippen LogP contribution < -0.4 is 15.8 Å². The highest BCUT2D eigenvalue weighted by Crippen LogP contribution is 2.33. The van der Waals surface area contributed by atoms with Crippen LogP contribution >= 0.6 is 0 Å². The zero-order valence-corrected chi connectivity index (χ0v) is 16.6. The molecule has 0 aromatic heterocycles. The van der Waals surface area contributed by atoms with Crippen molar-refractivity contribution in [2.75, 3.05) is 26.7 Å². The van der Waals surface area contributed by atoms with Gasteiger partial charge in [0.25, 0.3) is 5.91 Å². The van der Waals surface area contributed by atoms with Crippen molar-refractivity contribution in [1.82, 2.24) is 9.62 Å². The Kier molecular flexibility index (Phi) is 6.39. The lowest BCUT2D eigenvalue weighted by atomic mass is 10.1. The van der Waals surface area contributed by atoms with Crippen LogP contribution in [0.1, 0.15) is 48.9 Å². The van der Waals surface area contributed by atoms with E-state index >= 15 is 0 Å². The van der Waals surface area contributed by atoms with Gasteiger partial charge in [-0.15, -0.1) is 0 Å². The molecule has 3 N–H and O–H groups in total. The van der Waals surface area contributed by atoms with Gasteiger partial charge in [-0.2, -0.15) is 4.31 Å². The summed E-state index contributed by atoms with van der Waals surface area (Å²) in [6, 6.07) is 4.40. The first kappa shape index (κ1) is 20.1. The van der Waals surface area contributed by atoms with Gasteiger partial charge in [0.1, 0.15) is 5.75 Å². The summed E-state index contributed by atoms with van der Waals surface area (Å²) in [4.78, 5) is 12.9. The lowest BCUT2D eigenvalue weighted by Crippen LogP contribution is -2.42. The predicted molar refractivity (Wildman–Crippen MR) is 103 cm³/mol. The maximum atomic E-state index is 13.0. The van der Waals surface area contributed by atoms with Crippen LogP contribution in [0.5, 0.6) is 5.75 Å². The number of benzene rings is 1. The Morgan fingerprint density at radius 1 is 1.26 bits per heavy atom. The molecule has 0 spiro atoms. The predicted octanol–water partition coefficient (Wildman–Crippen LogP) is 1.73. The summed E-state index contributed by atoms with van der Waals surface area (Å²) in [5.41, 5.74) is 6.00. The standard InChI is InChI=1S/C19H29N3O4S/c1-26-18-9-8-15(27(24,25)22-10-4-2-3-5-11-22)12-16(18)19(23)21-17(13-20)14-6-7-14/h8-9,12,14,17H,2-7,10-11,13,20H2,1H3,(H,21,23). The summed E-state index contributed by atoms with van der Waals surface area (Å²) in [6.45, 7) is 1.41. The molecule has 7 nitrogen and oxygen atoms in total. The largest absolute Gasteiger partial charge is 0.496 e. The molecule has 1 unspecified atom stereocenters. The smallest absolute Gasteiger partial charge is 0.255 e. The molecule has 1 saturated carbocycles. The lowest BCUT2D eigenvalue weighted by Gasteiger charge is -2.21. The van der Waals surface area contributed by atoms with Crippen molar-refractivity contribution in [3.63, 3.8) is 0 Å². The third-order valence-electron chi connectivity index (χ3n) is 5.38. The second kappa shape index (κ2) is 8.58. The van der Waals surface area contributed by atoms with Gasteiger partial charge in [0.05, 0.1) is 17.6 Å². The Morgan fingerprint density at radius 2 is 1.93 bits per heavy atom. The van der Waals surface area contributed by atoms with E-state index in [4.69, 9.17) is 10.5 Å². The average molecular weight is 396 g/mol. The van der Waals surface area contributed by atoms with Gasteiger partial charge in [0, 0.05) is 25.7 Å². The maximum Gasteiger partial charge on any atom is 0.255 e. The summed E-state index contributed by atoms with van der Waals surface area (Å²) in [6.07, 6.45) is 5.93. The Hall–Kier alpha value is -1.64. The maximum absolute atomic E-state index is 13.0. The lowest BCUT2D eigenvalue weighted by molar-refractivity contribution is 0.0930. The van der Waals surface area contributed by atoms with Crippen LogP contribution in [0.15, 0.2) is 23.1 Å². The van der Waals surface area contributed by atoms with Crippen LogP contribution in [0, 0.1) is 5.92 Å². The molecule has 1 heterocycles. The number of nitrogens with one attached hydrogen (secondary N) is 1. The summed E-state index contributed by atoms with van der Waals surface area (Å²) in [7, 11) is -2.16. The molecule has 1 aliphatic heterocycles. The Labute approximate surface area is 161 Å². The highest BCUT2D eigenvalue weighted by molar-refractivity contribution is 7.89. The number of sulfonamides is 1. The molecular formula is C19H29N3O4S. The number of ether oxygens (including phenoxy) is 1. The quantitative estimate of drug-likeness (QED) is 0.732. The molecule has 1 atom stereocenters. The Balaban J connectivity index is 1.86. The topological polar surface area (TPSA) is 102 Å². The number of amides is 1. The number of rotatable bonds is 7. The summed E-state index contributed by atoms with van der Waals surface area (Å²) >= 11 is 0. The fourth-order valence-electron chi connectivity index (χ4n) is 3.57. The van der Waals surface area contributed by atoms with Crippen LogP contribution in [0.2, 0.25) is 0 Å². The molecule has 27 heavy (non-hydrogen) atoms. The molecule has 8 heteroatoms. The zero-order chi connectivity index (χ0) is 19.4. The van der Waals surface area contributed by atoms with Gasteiger partial charge < -0.3 is 15.8 Å². The third kappa shape index (κ3) is 4.62. The van der Waals surface area contributed by atoms with Crippen molar-refractivity contribution < 1.29 is 17.9 Å². The van der Waals surface area contributed by atoms with Crippen molar-refractivity contribution in [2.24, 2.45) is 11.7 Å². The van der Waals surface area contributed by atoms with Gasteiger partial charge in [0.15, 0.2) is 0 Å². The van der Waals surface area contributed by atoms with E-state index in [9.17, 15) is 13.2 Å². The Bertz CT molecular complexity index is 769. The molecule has 0 radical (unpaired) electrons. The van der Waals surface area contributed by atoms with Gasteiger partial charge in [-0.05, 0) is 49.8 Å². The van der Waals surface area contributed by atoms with E-state index in [1.807, 2.05) is 0 Å². The van der Waals surface area contributed by atoms with E-state index in [1.54, 1.807) is 6.07 Å². The van der Waals surface area contributed by atoms with Gasteiger partial charge in [-0.25, -0.2) is 8.42 Å². The summed E-state index contributed by atoms with van der Waals surface area (Å²) in [5, 5.41) is 2.94. The highest BCUT2D eigenvalue weighted by atomic mass is 32.2. The van der Waals surface area contributed by atoms with Crippen LogP contribution in [0.4, 0.5) is 0 Å². The van der Waals surface area contributed by atoms with E-state index < -0.39 is 10.0 Å². The summed E-state index contributed by atoms with van der Waals surface area (Å²) < 4.78 is 32.9. The second-order valence-electron chi connectivity index (χ2n) is 7.33. The summed E-state index contributed by atoms with van der Waals surface area (Å²) in [5.74, 6) is 0.421. The average Bonchev–Trinajstić information content (AvgIpc) is 3.52. The Morgan fingerprint density at radius 3 is 2.48 bits per heavy atom. The van der Waals surface area contributed by atoms with Crippen molar-refractivity contribution in [3.05, 3.63) is 23.8 Å². The minimum Gasteiger partial charge on any atom is -0.496 e. The van der Waals surface area contributed by atoms with Crippen molar-refractivity contribution >= 4 is 15.9 Å². The van der Waals surface area contributed by atoms with Crippen molar-refractivity contribution in [2.45, 2.75) is 49.5 Å². The first-order valence-electron chi connectivity index (χ1n) is 9.66. The number of methoxy groups -OCH3 is 1. The van der Waals surface area contributed by atoms with E-state index in [2.05, 4.69) is 5.32 Å². The first-order chi connectivity index (χ1) is 13.0. The molecule has 2 fully saturated rings. The zero-order valence-electron chi connectivity index (χ0n) is 15.8. The molecule has 0 bridgehead atoms. The third-order valence-corrected chi connectivity index (χ3v) is 7.27. The SMILES string of the molecule is COc1ccc(S(=O)(=O)N2CCCCCC2)cc1C(=O)NC(CN)C1CC1. The van der Waals surface area contributed by atoms with Crippen molar-refractivity contribution in [3.8, 4) is 5.75 Å². The van der Waals surface area contributed by atoms with Crippen LogP contribution in [0.25, 0.3) is 0 Å². The number of nitrogens with zero attached hydrogens (tertiary/aromatic N) is 1. The van der Waals surface area contributed by atoms with Crippen molar-refractivity contribution in [1.29, 1.82) is 0 Å². The van der Waals surface area contributed by atoms with Gasteiger partial charge >= 0.3 is 0 Å². The number of hydrogen-bond acceptors (Lipinski definition) is 5. The minimum atomic E-state index is -3.63. The molecule has 3 rings (SSSR count). The van der Waals surface area contributed by atoms with E-state index in [1.165, 1.54) is 23.5 Å². The molecule has 1 aromatic carbocycles. The highest BCUT2D eigenvalue weighted by Gasteiger charge is 2.32. The second-order valence-corrected chi connectivity index (χ2v) is 9.27. The number of carbonyl (C=O) groups is 1. The van der Waals surface area contributed by atoms with Crippen LogP contribution in [-0.4, -0.2) is 51.4 Å². The molecule has 150 valence electrons. The van der Waals surface area contributed by atoms with Crippen LogP contribution in [-0.2, 0) is 10.0 Å². The molecule has 2 aliphatic rings. The minimum absolute atomic E-state index is 0.0897. The molecule has 1 aliphatic carbocycles. The number of nitrogens with two attached hydrogens (primary N) is 1. The fraction of sp³-hybridized carbons (Fsp3) is 0.632. The molecular weight excluding hydrogens is 366 g/mol. The monoisotopic (exact) mass is 395 g/mol. The van der Waals surface area contributed by atoms with Gasteiger partial charge in [-0.3, -0.25) is 4.79 Å². The van der Waals surface area contributed by atoms with E-state index in [0.717, 1.165) is 38.5 Å². The first-order valence-corrected chi connectivity index (χ1v) is 11.1. The number of carbonyl (C=O) groups excluding carboxylic acids is 1. The van der Waals surface area contributed by atoms with Gasteiger partial charge in [-0.1, -0.05) is 12.8 Å². The molecule has 1 saturated heterocycles. The fourth-order valence-corrected chi connectivity index (χ4v) is 5.11. The van der Waals surface area contributed by atoms with E-state index in [-0.39, 0.29) is 22.4 Å². The normalized spacial score (nSPS) is 19.9.